The zero-order valence-electron chi connectivity index (χ0n) is 30.7. The average molecular weight is 773 g/mol. The Morgan fingerprint density at radius 3 is 2.55 bits per heavy atom. The Morgan fingerprint density at radius 1 is 1.06 bits per heavy atom. The Balaban J connectivity index is 1.09. The van der Waals surface area contributed by atoms with Crippen molar-refractivity contribution < 1.29 is 46.6 Å². The van der Waals surface area contributed by atoms with Crippen LogP contribution in [0.3, 0.4) is 0 Å². The summed E-state index contributed by atoms with van der Waals surface area (Å²) >= 11 is 1.45. The largest absolute Gasteiger partial charge is 0.458 e. The first-order valence-electron chi connectivity index (χ1n) is 19.3. The van der Waals surface area contributed by atoms with Crippen LogP contribution in [-0.2, 0) is 38.0 Å². The number of fused-ring (bicyclic) bond motifs is 8. The molecule has 1 aromatic rings. The average Bonchev–Trinajstić information content (AvgIpc) is 3.81. The fourth-order valence-corrected chi connectivity index (χ4v) is 15.1. The highest BCUT2D eigenvalue weighted by molar-refractivity contribution is 8.01. The van der Waals surface area contributed by atoms with Crippen LogP contribution in [0.5, 0.6) is 0 Å². The quantitative estimate of drug-likeness (QED) is 0.214. The molecule has 2 saturated heterocycles. The van der Waals surface area contributed by atoms with Crippen molar-refractivity contribution in [2.24, 2.45) is 50.6 Å². The molecule has 0 aromatic heterocycles. The van der Waals surface area contributed by atoms with Gasteiger partial charge in [0.15, 0.2) is 4.87 Å². The number of cyclic esters (lactones) is 1. The van der Waals surface area contributed by atoms with Gasteiger partial charge in [-0.15, -0.1) is 11.8 Å². The Bertz CT molecular complexity index is 1840. The highest BCUT2D eigenvalue weighted by Crippen LogP contribution is 2.74. The van der Waals surface area contributed by atoms with Gasteiger partial charge in [0.05, 0.1) is 35.6 Å². The smallest absolute Gasteiger partial charge is 0.331 e. The third-order valence-corrected chi connectivity index (χ3v) is 18.0. The zero-order chi connectivity index (χ0) is 37.2. The second-order valence-electron chi connectivity index (χ2n) is 17.6. The lowest BCUT2D eigenvalue weighted by atomic mass is 9.39. The van der Waals surface area contributed by atoms with Gasteiger partial charge in [-0.25, -0.2) is 9.79 Å². The molecule has 290 valence electrons. The van der Waals surface area contributed by atoms with Crippen molar-refractivity contribution in [3.63, 3.8) is 0 Å². The molecule has 9 rings (SSSR count). The van der Waals surface area contributed by atoms with Crippen LogP contribution in [-0.4, -0.2) is 91.3 Å². The van der Waals surface area contributed by atoms with Gasteiger partial charge in [0, 0.05) is 29.9 Å². The highest BCUT2D eigenvalue weighted by atomic mass is 32.2. The molecule has 14 heteroatoms. The summed E-state index contributed by atoms with van der Waals surface area (Å²) < 4.78 is 59.1. The van der Waals surface area contributed by atoms with Crippen LogP contribution in [0, 0.1) is 46.8 Å². The summed E-state index contributed by atoms with van der Waals surface area (Å²) in [6.45, 7) is 6.40. The van der Waals surface area contributed by atoms with Crippen molar-refractivity contribution in [3.05, 3.63) is 41.5 Å². The third kappa shape index (κ3) is 5.25. The van der Waals surface area contributed by atoms with Crippen molar-refractivity contribution in [1.29, 1.82) is 0 Å². The molecule has 1 aromatic carbocycles. The molecule has 4 N–H and O–H groups in total. The van der Waals surface area contributed by atoms with E-state index in [0.29, 0.717) is 37.5 Å². The maximum atomic E-state index is 13.9. The molecule has 0 bridgehead atoms. The number of ether oxygens (including phenoxy) is 4. The van der Waals surface area contributed by atoms with Gasteiger partial charge in [-0.2, -0.15) is 8.42 Å². The Kier molecular flexibility index (Phi) is 8.62. The lowest BCUT2D eigenvalue weighted by Gasteiger charge is -2.67. The van der Waals surface area contributed by atoms with E-state index >= 15 is 0 Å². The normalized spacial score (nSPS) is 47.5. The minimum absolute atomic E-state index is 0.00640. The van der Waals surface area contributed by atoms with Crippen LogP contribution in [0.15, 0.2) is 45.8 Å². The molecule has 1 unspecified atom stereocenters. The maximum absolute atomic E-state index is 13.9. The number of carbonyl (C=O) groups is 1. The topological polar surface area (TPSA) is 176 Å². The first-order chi connectivity index (χ1) is 25.2. The summed E-state index contributed by atoms with van der Waals surface area (Å²) in [6.07, 6.45) is 5.74. The SMILES string of the molecule is Cc1ccc(S(=O)(=O)OC[C@]23C[C@H]4OC5(O)[C@@H](O[C@H](C)C[C@@]56N=C(N)CS6)O[C@@H]4C[C@@H]2CC[C@@H]2[C@@H]3CC[C@]3(C)[C@@H](C4=CC(=O)OC4)CC[C@]23CO)cc1. The Hall–Kier alpha value is -2.04. The third-order valence-electron chi connectivity index (χ3n) is 15.3. The number of hydrogen-bond acceptors (Lipinski definition) is 13. The van der Waals surface area contributed by atoms with Crippen molar-refractivity contribution in [2.75, 3.05) is 25.6 Å². The van der Waals surface area contributed by atoms with E-state index in [9.17, 15) is 23.4 Å². The van der Waals surface area contributed by atoms with Crippen LogP contribution in [0.1, 0.15) is 77.2 Å². The Morgan fingerprint density at radius 2 is 1.85 bits per heavy atom. The molecule has 1 spiro atoms. The molecule has 4 aliphatic heterocycles. The molecule has 0 radical (unpaired) electrons. The summed E-state index contributed by atoms with van der Waals surface area (Å²) in [6, 6.07) is 6.71. The molecule has 12 nitrogen and oxygen atoms in total. The molecule has 4 saturated carbocycles. The minimum Gasteiger partial charge on any atom is -0.458 e. The molecule has 4 heterocycles. The Labute approximate surface area is 315 Å². The van der Waals surface area contributed by atoms with E-state index in [1.807, 2.05) is 13.8 Å². The number of benzene rings is 1. The summed E-state index contributed by atoms with van der Waals surface area (Å²) in [5.74, 6) is -1.07. The molecule has 53 heavy (non-hydrogen) atoms. The number of amidine groups is 1. The zero-order valence-corrected chi connectivity index (χ0v) is 32.3. The predicted molar refractivity (Wildman–Crippen MR) is 195 cm³/mol. The van der Waals surface area contributed by atoms with E-state index in [2.05, 4.69) is 6.92 Å². The van der Waals surface area contributed by atoms with E-state index in [1.165, 1.54) is 11.8 Å². The minimum atomic E-state index is -4.12. The number of carbonyl (C=O) groups excluding carboxylic acids is 1. The van der Waals surface area contributed by atoms with E-state index in [0.717, 1.165) is 49.7 Å². The number of esters is 1. The van der Waals surface area contributed by atoms with E-state index < -0.39 is 44.0 Å². The van der Waals surface area contributed by atoms with Gasteiger partial charge in [-0.1, -0.05) is 24.6 Å². The van der Waals surface area contributed by atoms with Gasteiger partial charge in [-0.3, -0.25) is 4.18 Å². The van der Waals surface area contributed by atoms with Gasteiger partial charge in [0.1, 0.15) is 12.4 Å². The number of aliphatic imine (C=N–C) groups is 1. The fourth-order valence-electron chi connectivity index (χ4n) is 12.7. The molecular formula is C39H52N2O10S2. The highest BCUT2D eigenvalue weighted by Gasteiger charge is 2.73. The van der Waals surface area contributed by atoms with Gasteiger partial charge in [0.2, 0.25) is 6.29 Å². The second-order valence-corrected chi connectivity index (χ2v) is 20.4. The van der Waals surface area contributed by atoms with Crippen molar-refractivity contribution in [2.45, 2.75) is 119 Å². The number of aliphatic hydroxyl groups is 2. The number of nitrogens with zero attached hydrogens (tertiary/aromatic N) is 1. The number of aliphatic hydroxyl groups excluding tert-OH is 1. The fraction of sp³-hybridized carbons (Fsp3) is 0.744. The number of thioether (sulfide) groups is 1. The molecule has 8 aliphatic rings. The molecule has 4 aliphatic carbocycles. The van der Waals surface area contributed by atoms with Gasteiger partial charge in [0.25, 0.3) is 15.9 Å². The van der Waals surface area contributed by atoms with Crippen LogP contribution < -0.4 is 5.73 Å². The molecule has 6 fully saturated rings. The summed E-state index contributed by atoms with van der Waals surface area (Å²) in [7, 11) is -4.12. The van der Waals surface area contributed by atoms with Crippen molar-refractivity contribution in [1.82, 2.24) is 0 Å². The number of aryl methyl sites for hydroxylation is 1. The maximum Gasteiger partial charge on any atom is 0.331 e. The first-order valence-corrected chi connectivity index (χ1v) is 21.7. The standard InChI is InChI=1S/C39H52N2O10S2/c1-22-4-7-26(8-5-22)53(45,46)48-21-36-17-31-30(50-34-39(44,51-31)38(16-23(2)49-34)41-32(40)19-52-38)15-25(36)6-9-29-28(36)10-12-35(3)27(11-13-37(29,35)20-42)24-14-33(43)47-18-24/h4-5,7-8,14,23,25,27-31,34,42,44H,6,9-13,15-21H2,1-3H3,(H2,40,41)/t23-,25+,27-,28+,29-,30-,31-,34+,35-,36-,37+,38+,39?/m1/s1. The van der Waals surface area contributed by atoms with Gasteiger partial charge >= 0.3 is 5.97 Å². The van der Waals surface area contributed by atoms with Crippen molar-refractivity contribution in [3.8, 4) is 0 Å². The second kappa shape index (κ2) is 12.5. The monoisotopic (exact) mass is 772 g/mol. The van der Waals surface area contributed by atoms with E-state index in [4.69, 9.17) is 33.9 Å². The van der Waals surface area contributed by atoms with E-state index in [-0.39, 0.29) is 65.4 Å². The van der Waals surface area contributed by atoms with Crippen LogP contribution in [0.25, 0.3) is 0 Å². The lowest BCUT2D eigenvalue weighted by molar-refractivity contribution is -0.447. The molecule has 0 amide bonds. The summed E-state index contributed by atoms with van der Waals surface area (Å²) in [5.41, 5.74) is 6.81. The van der Waals surface area contributed by atoms with Crippen LogP contribution in [0.2, 0.25) is 0 Å². The first kappa shape index (κ1) is 36.6. The molecule has 13 atom stereocenters. The predicted octanol–water partition coefficient (Wildman–Crippen LogP) is 4.20. The van der Waals surface area contributed by atoms with Crippen LogP contribution in [0.4, 0.5) is 0 Å². The van der Waals surface area contributed by atoms with Gasteiger partial charge < -0.3 is 34.9 Å². The molecular weight excluding hydrogens is 721 g/mol. The number of nitrogens with two attached hydrogens (primary N) is 1. The summed E-state index contributed by atoms with van der Waals surface area (Å²) in [5, 5.41) is 24.0. The number of hydrogen-bond donors (Lipinski definition) is 3. The van der Waals surface area contributed by atoms with Crippen LogP contribution >= 0.6 is 11.8 Å². The van der Waals surface area contributed by atoms with Crippen molar-refractivity contribution >= 4 is 33.7 Å². The number of rotatable bonds is 6. The van der Waals surface area contributed by atoms with Gasteiger partial charge in [-0.05, 0) is 112 Å². The lowest BCUT2D eigenvalue weighted by Crippen LogP contribution is -2.73. The van der Waals surface area contributed by atoms with E-state index in [1.54, 1.807) is 30.3 Å². The summed E-state index contributed by atoms with van der Waals surface area (Å²) in [4.78, 5) is 16.0.